The van der Waals surface area contributed by atoms with E-state index in [1.54, 1.807) is 11.8 Å². The van der Waals surface area contributed by atoms with Gasteiger partial charge in [0.1, 0.15) is 11.9 Å². The molecule has 0 fully saturated rings. The molecule has 8 heteroatoms. The van der Waals surface area contributed by atoms with E-state index in [4.69, 9.17) is 5.73 Å². The summed E-state index contributed by atoms with van der Waals surface area (Å²) in [5, 5.41) is 9.76. The fourth-order valence-electron chi connectivity index (χ4n) is 1.58. The van der Waals surface area contributed by atoms with E-state index in [9.17, 15) is 19.1 Å². The van der Waals surface area contributed by atoms with Crippen molar-refractivity contribution in [1.82, 2.24) is 10.9 Å². The lowest BCUT2D eigenvalue weighted by Crippen LogP contribution is -2.52. The maximum atomic E-state index is 12.7. The molecule has 0 spiro atoms. The number of hydrogen-bond acceptors (Lipinski definition) is 5. The van der Waals surface area contributed by atoms with E-state index in [2.05, 4.69) is 10.9 Å². The van der Waals surface area contributed by atoms with Crippen LogP contribution >= 0.6 is 11.8 Å². The number of carbonyl (C=O) groups excluding carboxylic acids is 2. The molecule has 0 aromatic heterocycles. The molecular weight excluding hydrogens is 309 g/mol. The van der Waals surface area contributed by atoms with Gasteiger partial charge in [-0.05, 0) is 42.2 Å². The van der Waals surface area contributed by atoms with Crippen LogP contribution < -0.4 is 16.6 Å². The van der Waals surface area contributed by atoms with Crippen LogP contribution in [0.5, 0.6) is 0 Å². The summed E-state index contributed by atoms with van der Waals surface area (Å²) in [6.45, 7) is 2.00. The molecule has 0 bridgehead atoms. The smallest absolute Gasteiger partial charge is 0.269 e. The molecule has 1 aromatic carbocycles. The van der Waals surface area contributed by atoms with Gasteiger partial charge in [0.15, 0.2) is 0 Å². The summed E-state index contributed by atoms with van der Waals surface area (Å²) in [5.41, 5.74) is 10.1. The number of hydrazine groups is 1. The third-order valence-electron chi connectivity index (χ3n) is 2.88. The van der Waals surface area contributed by atoms with Crippen LogP contribution in [0.25, 0.3) is 0 Å². The van der Waals surface area contributed by atoms with E-state index in [1.807, 2.05) is 6.92 Å². The van der Waals surface area contributed by atoms with Crippen LogP contribution in [0.1, 0.15) is 23.7 Å². The second-order valence-electron chi connectivity index (χ2n) is 4.54. The van der Waals surface area contributed by atoms with Crippen molar-refractivity contribution in [2.24, 2.45) is 5.73 Å². The lowest BCUT2D eigenvalue weighted by molar-refractivity contribution is -0.131. The number of rotatable bonds is 7. The Balaban J connectivity index is 2.41. The molecule has 22 heavy (non-hydrogen) atoms. The number of thioether (sulfide) groups is 1. The molecule has 1 unspecified atom stereocenters. The van der Waals surface area contributed by atoms with Gasteiger partial charge < -0.3 is 10.8 Å². The van der Waals surface area contributed by atoms with Gasteiger partial charge in [0.25, 0.3) is 11.8 Å². The molecule has 0 aliphatic heterocycles. The van der Waals surface area contributed by atoms with Gasteiger partial charge in [-0.15, -0.1) is 0 Å². The average molecular weight is 329 g/mol. The third kappa shape index (κ3) is 6.00. The summed E-state index contributed by atoms with van der Waals surface area (Å²) in [6, 6.07) is 4.11. The Morgan fingerprint density at radius 3 is 2.55 bits per heavy atom. The second kappa shape index (κ2) is 9.39. The Morgan fingerprint density at radius 1 is 1.32 bits per heavy atom. The minimum absolute atomic E-state index is 0.180. The molecule has 122 valence electrons. The minimum atomic E-state index is -1.41. The van der Waals surface area contributed by atoms with Gasteiger partial charge >= 0.3 is 0 Å². The summed E-state index contributed by atoms with van der Waals surface area (Å²) in [4.78, 5) is 23.4. The molecule has 0 aliphatic rings. The first-order valence-corrected chi connectivity index (χ1v) is 7.98. The minimum Gasteiger partial charge on any atom is -0.382 e. The molecule has 0 saturated heterocycles. The van der Waals surface area contributed by atoms with Gasteiger partial charge in [-0.25, -0.2) is 4.39 Å². The Hall–Kier alpha value is -1.64. The zero-order chi connectivity index (χ0) is 16.5. The number of nitrogens with two attached hydrogens (primary N) is 1. The normalized spacial score (nSPS) is 13.3. The molecule has 0 aliphatic carbocycles. The van der Waals surface area contributed by atoms with Crippen molar-refractivity contribution in [2.75, 3.05) is 11.5 Å². The van der Waals surface area contributed by atoms with E-state index in [0.717, 1.165) is 23.6 Å². The highest BCUT2D eigenvalue weighted by molar-refractivity contribution is 7.99. The fraction of sp³-hybridized carbons (Fsp3) is 0.429. The van der Waals surface area contributed by atoms with Crippen LogP contribution in [0.2, 0.25) is 0 Å². The van der Waals surface area contributed by atoms with Crippen molar-refractivity contribution in [3.05, 3.63) is 35.6 Å². The molecule has 2 amide bonds. The lowest BCUT2D eigenvalue weighted by Gasteiger charge is -2.18. The predicted octanol–water partition coefficient (Wildman–Crippen LogP) is 0.418. The Labute approximate surface area is 132 Å². The van der Waals surface area contributed by atoms with Crippen molar-refractivity contribution in [3.8, 4) is 0 Å². The van der Waals surface area contributed by atoms with Crippen molar-refractivity contribution in [2.45, 2.75) is 25.5 Å². The highest BCUT2D eigenvalue weighted by Crippen LogP contribution is 2.06. The largest absolute Gasteiger partial charge is 0.382 e. The van der Waals surface area contributed by atoms with Gasteiger partial charge in [-0.3, -0.25) is 20.4 Å². The standard InChI is InChI=1S/C14H20FN3O3S/c1-2-22-8-7-11(16)12(19)14(21)18-17-13(20)9-3-5-10(15)6-4-9/h3-6,11-12,19H,2,7-8,16H2,1H3,(H,17,20)(H,18,21)/t11-,12?/m1/s1. The van der Waals surface area contributed by atoms with E-state index >= 15 is 0 Å². The number of carbonyl (C=O) groups is 2. The van der Waals surface area contributed by atoms with Crippen molar-refractivity contribution < 1.29 is 19.1 Å². The van der Waals surface area contributed by atoms with Crippen LogP contribution in [-0.2, 0) is 4.79 Å². The molecule has 0 heterocycles. The Bertz CT molecular complexity index is 499. The predicted molar refractivity (Wildman–Crippen MR) is 83.6 cm³/mol. The Morgan fingerprint density at radius 2 is 1.95 bits per heavy atom. The highest BCUT2D eigenvalue weighted by Gasteiger charge is 2.23. The first-order chi connectivity index (χ1) is 10.5. The molecule has 0 radical (unpaired) electrons. The summed E-state index contributed by atoms with van der Waals surface area (Å²) in [7, 11) is 0. The maximum absolute atomic E-state index is 12.7. The molecule has 0 saturated carbocycles. The molecule has 5 N–H and O–H groups in total. The number of benzene rings is 1. The van der Waals surface area contributed by atoms with E-state index in [1.165, 1.54) is 12.1 Å². The zero-order valence-electron chi connectivity index (χ0n) is 12.2. The lowest BCUT2D eigenvalue weighted by atomic mass is 10.1. The van der Waals surface area contributed by atoms with Gasteiger partial charge in [-0.1, -0.05) is 6.92 Å². The third-order valence-corrected chi connectivity index (χ3v) is 3.81. The molecule has 6 nitrogen and oxygen atoms in total. The summed E-state index contributed by atoms with van der Waals surface area (Å²) in [5.74, 6) is -0.195. The number of aliphatic hydroxyl groups is 1. The van der Waals surface area contributed by atoms with Crippen LogP contribution in [-0.4, -0.2) is 40.6 Å². The quantitative estimate of drug-likeness (QED) is 0.429. The molecule has 1 aromatic rings. The molecular formula is C14H20FN3O3S. The molecule has 1 rings (SSSR count). The van der Waals surface area contributed by atoms with Gasteiger partial charge in [0.2, 0.25) is 0 Å². The highest BCUT2D eigenvalue weighted by atomic mass is 32.2. The van der Waals surface area contributed by atoms with Gasteiger partial charge in [0.05, 0.1) is 0 Å². The molecule has 2 atom stereocenters. The second-order valence-corrected chi connectivity index (χ2v) is 5.94. The first-order valence-electron chi connectivity index (χ1n) is 6.82. The van der Waals surface area contributed by atoms with Crippen molar-refractivity contribution >= 4 is 23.6 Å². The van der Waals surface area contributed by atoms with Gasteiger partial charge in [0, 0.05) is 11.6 Å². The van der Waals surface area contributed by atoms with E-state index < -0.39 is 29.8 Å². The fourth-order valence-corrected chi connectivity index (χ4v) is 2.31. The van der Waals surface area contributed by atoms with Crippen LogP contribution in [0.15, 0.2) is 24.3 Å². The number of nitrogens with one attached hydrogen (secondary N) is 2. The topological polar surface area (TPSA) is 104 Å². The maximum Gasteiger partial charge on any atom is 0.269 e. The van der Waals surface area contributed by atoms with E-state index in [0.29, 0.717) is 6.42 Å². The van der Waals surface area contributed by atoms with E-state index in [-0.39, 0.29) is 5.56 Å². The first kappa shape index (κ1) is 18.4. The van der Waals surface area contributed by atoms with Crippen molar-refractivity contribution in [3.63, 3.8) is 0 Å². The SMILES string of the molecule is CCSCC[C@@H](N)C(O)C(=O)NNC(=O)c1ccc(F)cc1. The summed E-state index contributed by atoms with van der Waals surface area (Å²) < 4.78 is 12.7. The number of amides is 2. The summed E-state index contributed by atoms with van der Waals surface area (Å²) in [6.07, 6.45) is -0.926. The van der Waals surface area contributed by atoms with Gasteiger partial charge in [-0.2, -0.15) is 11.8 Å². The van der Waals surface area contributed by atoms with Crippen LogP contribution in [0.3, 0.4) is 0 Å². The van der Waals surface area contributed by atoms with Crippen LogP contribution in [0, 0.1) is 5.82 Å². The van der Waals surface area contributed by atoms with Crippen LogP contribution in [0.4, 0.5) is 4.39 Å². The average Bonchev–Trinajstić information content (AvgIpc) is 2.52. The summed E-state index contributed by atoms with van der Waals surface area (Å²) >= 11 is 1.66. The monoisotopic (exact) mass is 329 g/mol. The zero-order valence-corrected chi connectivity index (χ0v) is 13.0. The number of halogens is 1. The number of aliphatic hydroxyl groups excluding tert-OH is 1. The van der Waals surface area contributed by atoms with Crippen molar-refractivity contribution in [1.29, 1.82) is 0 Å². The Kier molecular flexibility index (Phi) is 7.86. The number of hydrogen-bond donors (Lipinski definition) is 4.